The monoisotopic (exact) mass is 486 g/mol. The van der Waals surface area contributed by atoms with Gasteiger partial charge in [0.15, 0.2) is 0 Å². The molecule has 0 saturated carbocycles. The van der Waals surface area contributed by atoms with E-state index in [4.69, 9.17) is 11.6 Å². The zero-order valence-corrected chi connectivity index (χ0v) is 19.9. The topological polar surface area (TPSA) is 68.2 Å². The number of hydrogen-bond acceptors (Lipinski definition) is 4. The Hall–Kier alpha value is -2.45. The summed E-state index contributed by atoms with van der Waals surface area (Å²) < 4.78 is 30.8. The molecule has 1 heterocycles. The molecule has 0 aliphatic rings. The first-order valence-electron chi connectivity index (χ1n) is 10.3. The van der Waals surface area contributed by atoms with Crippen LogP contribution in [0.4, 0.5) is 0 Å². The van der Waals surface area contributed by atoms with Crippen LogP contribution in [0.2, 0.25) is 5.02 Å². The van der Waals surface area contributed by atoms with Gasteiger partial charge in [0.05, 0.1) is 21.7 Å². The highest BCUT2D eigenvalue weighted by Crippen LogP contribution is 2.24. The van der Waals surface area contributed by atoms with E-state index in [1.807, 2.05) is 55.5 Å². The Bertz CT molecular complexity index is 1400. The second-order valence-electron chi connectivity index (χ2n) is 7.72. The molecule has 8 heteroatoms. The van der Waals surface area contributed by atoms with Crippen LogP contribution in [0.15, 0.2) is 82.5 Å². The van der Waals surface area contributed by atoms with Crippen molar-refractivity contribution < 1.29 is 8.42 Å². The van der Waals surface area contributed by atoms with Crippen LogP contribution in [0.1, 0.15) is 24.5 Å². The Morgan fingerprint density at radius 2 is 1.75 bits per heavy atom. The first-order chi connectivity index (χ1) is 15.3. The minimum absolute atomic E-state index is 0.154. The van der Waals surface area contributed by atoms with E-state index in [9.17, 15) is 13.2 Å². The Morgan fingerprint density at radius 3 is 2.50 bits per heavy atom. The third-order valence-corrected chi connectivity index (χ3v) is 8.20. The summed E-state index contributed by atoms with van der Waals surface area (Å²) in [7, 11) is -3.70. The largest absolute Gasteiger partial charge is 0.308 e. The van der Waals surface area contributed by atoms with Gasteiger partial charge in [0, 0.05) is 11.1 Å². The van der Waals surface area contributed by atoms with E-state index in [2.05, 4.69) is 4.72 Å². The van der Waals surface area contributed by atoms with Gasteiger partial charge in [-0.05, 0) is 55.2 Å². The number of fused-ring (bicyclic) bond motifs is 1. The van der Waals surface area contributed by atoms with Gasteiger partial charge in [-0.1, -0.05) is 71.5 Å². The van der Waals surface area contributed by atoms with Crippen LogP contribution in [-0.2, 0) is 23.0 Å². The van der Waals surface area contributed by atoms with E-state index < -0.39 is 10.0 Å². The van der Waals surface area contributed by atoms with Crippen molar-refractivity contribution in [1.82, 2.24) is 9.29 Å². The van der Waals surface area contributed by atoms with Crippen LogP contribution >= 0.6 is 22.9 Å². The average Bonchev–Trinajstić information content (AvgIpc) is 3.08. The van der Waals surface area contributed by atoms with E-state index in [0.29, 0.717) is 28.2 Å². The van der Waals surface area contributed by atoms with Crippen LogP contribution in [0.25, 0.3) is 10.2 Å². The quantitative estimate of drug-likeness (QED) is 0.378. The van der Waals surface area contributed by atoms with Crippen LogP contribution in [0, 0.1) is 0 Å². The molecule has 0 aliphatic heterocycles. The van der Waals surface area contributed by atoms with Crippen LogP contribution in [0.3, 0.4) is 0 Å². The van der Waals surface area contributed by atoms with Crippen molar-refractivity contribution in [2.24, 2.45) is 0 Å². The normalized spacial score (nSPS) is 12.8. The van der Waals surface area contributed by atoms with E-state index >= 15 is 0 Å². The predicted molar refractivity (Wildman–Crippen MR) is 131 cm³/mol. The van der Waals surface area contributed by atoms with E-state index in [0.717, 1.165) is 23.3 Å². The van der Waals surface area contributed by atoms with Crippen molar-refractivity contribution in [3.8, 4) is 0 Å². The summed E-state index contributed by atoms with van der Waals surface area (Å²) in [4.78, 5) is 12.6. The lowest BCUT2D eigenvalue weighted by Crippen LogP contribution is -2.32. The maximum atomic E-state index is 12.9. The number of aryl methyl sites for hydroxylation is 1. The fraction of sp³-hybridized carbons (Fsp3) is 0.208. The van der Waals surface area contributed by atoms with Gasteiger partial charge in [0.2, 0.25) is 10.0 Å². The van der Waals surface area contributed by atoms with Crippen molar-refractivity contribution in [2.45, 2.75) is 37.2 Å². The number of sulfonamides is 1. The zero-order chi connectivity index (χ0) is 22.7. The Balaban J connectivity index is 1.53. The third-order valence-electron chi connectivity index (χ3n) is 5.30. The average molecular weight is 487 g/mol. The van der Waals surface area contributed by atoms with Gasteiger partial charge >= 0.3 is 4.87 Å². The number of halogens is 1. The maximum absolute atomic E-state index is 12.9. The number of aromatic nitrogens is 1. The van der Waals surface area contributed by atoms with Crippen molar-refractivity contribution in [3.63, 3.8) is 0 Å². The van der Waals surface area contributed by atoms with E-state index in [1.54, 1.807) is 28.8 Å². The molecule has 32 heavy (non-hydrogen) atoms. The van der Waals surface area contributed by atoms with Crippen molar-refractivity contribution in [1.29, 1.82) is 0 Å². The van der Waals surface area contributed by atoms with Gasteiger partial charge in [-0.15, -0.1) is 0 Å². The summed E-state index contributed by atoms with van der Waals surface area (Å²) in [6.07, 6.45) is 1.48. The van der Waals surface area contributed by atoms with Crippen molar-refractivity contribution in [3.05, 3.63) is 98.6 Å². The van der Waals surface area contributed by atoms with Gasteiger partial charge in [-0.3, -0.25) is 9.36 Å². The van der Waals surface area contributed by atoms with Gasteiger partial charge < -0.3 is 0 Å². The molecule has 0 radical (unpaired) electrons. The first kappa shape index (κ1) is 22.7. The number of nitrogens with one attached hydrogen (secondary N) is 1. The second-order valence-corrected chi connectivity index (χ2v) is 10.8. The highest BCUT2D eigenvalue weighted by Gasteiger charge is 2.19. The second kappa shape index (κ2) is 9.58. The Morgan fingerprint density at radius 1 is 1.03 bits per heavy atom. The molecular weight excluding hydrogens is 464 g/mol. The molecule has 0 spiro atoms. The van der Waals surface area contributed by atoms with Gasteiger partial charge in [-0.2, -0.15) is 0 Å². The summed E-state index contributed by atoms with van der Waals surface area (Å²) in [6.45, 7) is 2.19. The van der Waals surface area contributed by atoms with Crippen LogP contribution < -0.4 is 9.60 Å². The Kier molecular flexibility index (Phi) is 6.81. The summed E-state index contributed by atoms with van der Waals surface area (Å²) in [5.74, 6) is 0. The minimum atomic E-state index is -3.70. The standard InChI is InChI=1S/C24H23ClN2O3S2/c1-17(11-12-18-7-3-2-4-8-18)26-32(29,30)20-13-14-22-23(15-20)31-24(28)27(22)16-19-9-5-6-10-21(19)25/h2-10,13-15,17,26H,11-12,16H2,1H3/t17-/m1/s1. The zero-order valence-electron chi connectivity index (χ0n) is 17.5. The SMILES string of the molecule is C[C@H](CCc1ccccc1)NS(=O)(=O)c1ccc2c(c1)sc(=O)n2Cc1ccccc1Cl. The molecule has 1 atom stereocenters. The minimum Gasteiger partial charge on any atom is -0.294 e. The molecule has 1 aromatic heterocycles. The Labute approximate surface area is 196 Å². The number of hydrogen-bond donors (Lipinski definition) is 1. The van der Waals surface area contributed by atoms with E-state index in [1.165, 1.54) is 5.56 Å². The molecule has 0 bridgehead atoms. The molecule has 0 saturated heterocycles. The lowest BCUT2D eigenvalue weighted by Gasteiger charge is -2.14. The maximum Gasteiger partial charge on any atom is 0.308 e. The molecule has 0 aliphatic carbocycles. The van der Waals surface area contributed by atoms with Gasteiger partial charge in [0.25, 0.3) is 0 Å². The summed E-state index contributed by atoms with van der Waals surface area (Å²) in [6, 6.07) is 21.9. The highest BCUT2D eigenvalue weighted by atomic mass is 35.5. The lowest BCUT2D eigenvalue weighted by atomic mass is 10.1. The fourth-order valence-corrected chi connectivity index (χ4v) is 6.08. The summed E-state index contributed by atoms with van der Waals surface area (Å²) in [5.41, 5.74) is 2.70. The molecule has 4 rings (SSSR count). The molecular formula is C24H23ClN2O3S2. The molecule has 4 aromatic rings. The predicted octanol–water partition coefficient (Wildman–Crippen LogP) is 5.06. The molecule has 3 aromatic carbocycles. The molecule has 0 unspecified atom stereocenters. The number of thiazole rings is 1. The van der Waals surface area contributed by atoms with Gasteiger partial charge in [0.1, 0.15) is 0 Å². The third kappa shape index (κ3) is 5.13. The highest BCUT2D eigenvalue weighted by molar-refractivity contribution is 7.89. The van der Waals surface area contributed by atoms with Crippen molar-refractivity contribution in [2.75, 3.05) is 0 Å². The van der Waals surface area contributed by atoms with Crippen LogP contribution in [-0.4, -0.2) is 19.0 Å². The van der Waals surface area contributed by atoms with Crippen molar-refractivity contribution >= 4 is 43.2 Å². The molecule has 0 fully saturated rings. The molecule has 1 N–H and O–H groups in total. The number of nitrogens with zero attached hydrogens (tertiary/aromatic N) is 1. The first-order valence-corrected chi connectivity index (χ1v) is 12.9. The fourth-order valence-electron chi connectivity index (χ4n) is 3.58. The van der Waals surface area contributed by atoms with Gasteiger partial charge in [-0.25, -0.2) is 13.1 Å². The molecule has 0 amide bonds. The smallest absolute Gasteiger partial charge is 0.294 e. The molecule has 166 valence electrons. The molecule has 5 nitrogen and oxygen atoms in total. The number of benzene rings is 3. The number of rotatable bonds is 8. The summed E-state index contributed by atoms with van der Waals surface area (Å²) >= 11 is 7.28. The summed E-state index contributed by atoms with van der Waals surface area (Å²) in [5, 5.41) is 0.589. The van der Waals surface area contributed by atoms with Crippen LogP contribution in [0.5, 0.6) is 0 Å². The van der Waals surface area contributed by atoms with E-state index in [-0.39, 0.29) is 15.8 Å². The lowest BCUT2D eigenvalue weighted by molar-refractivity contribution is 0.547.